The van der Waals surface area contributed by atoms with E-state index in [1.807, 2.05) is 24.3 Å². The lowest BCUT2D eigenvalue weighted by atomic mass is 10.0. The topological polar surface area (TPSA) is 64.6 Å². The van der Waals surface area contributed by atoms with Gasteiger partial charge in [-0.05, 0) is 18.2 Å². The van der Waals surface area contributed by atoms with Gasteiger partial charge in [0.15, 0.2) is 0 Å². The number of hydrogen-bond acceptors (Lipinski definition) is 4. The third-order valence-corrected chi connectivity index (χ3v) is 5.13. The van der Waals surface area contributed by atoms with Crippen LogP contribution in [-0.2, 0) is 10.0 Å². The van der Waals surface area contributed by atoms with Crippen LogP contribution in [0, 0.1) is 0 Å². The summed E-state index contributed by atoms with van der Waals surface area (Å²) in [6, 6.07) is 13.7. The summed E-state index contributed by atoms with van der Waals surface area (Å²) in [6.45, 7) is 0.482. The maximum atomic E-state index is 12.7. The predicted octanol–water partition coefficient (Wildman–Crippen LogP) is 2.50. The SMILES string of the molecule is COc1ccccc1S(=O)(=O)NC1CCOc2ccccc21. The highest BCUT2D eigenvalue weighted by molar-refractivity contribution is 7.89. The molecule has 1 unspecified atom stereocenters. The molecule has 0 bridgehead atoms. The van der Waals surface area contributed by atoms with Crippen LogP contribution in [0.25, 0.3) is 0 Å². The number of rotatable bonds is 4. The zero-order valence-corrected chi connectivity index (χ0v) is 13.0. The average molecular weight is 319 g/mol. The zero-order chi connectivity index (χ0) is 15.6. The van der Waals surface area contributed by atoms with Crippen LogP contribution in [0.1, 0.15) is 18.0 Å². The van der Waals surface area contributed by atoms with Gasteiger partial charge in [-0.15, -0.1) is 0 Å². The second-order valence-corrected chi connectivity index (χ2v) is 6.68. The number of sulfonamides is 1. The summed E-state index contributed by atoms with van der Waals surface area (Å²) >= 11 is 0. The normalized spacial score (nSPS) is 17.4. The Morgan fingerprint density at radius 3 is 2.68 bits per heavy atom. The van der Waals surface area contributed by atoms with Gasteiger partial charge in [0.1, 0.15) is 16.4 Å². The van der Waals surface area contributed by atoms with Gasteiger partial charge in [0, 0.05) is 12.0 Å². The van der Waals surface area contributed by atoms with Crippen molar-refractivity contribution in [3.05, 3.63) is 54.1 Å². The van der Waals surface area contributed by atoms with Crippen molar-refractivity contribution in [2.45, 2.75) is 17.4 Å². The van der Waals surface area contributed by atoms with E-state index in [0.29, 0.717) is 18.8 Å². The van der Waals surface area contributed by atoms with Crippen molar-refractivity contribution in [1.29, 1.82) is 0 Å². The number of hydrogen-bond donors (Lipinski definition) is 1. The molecule has 1 aliphatic rings. The fourth-order valence-corrected chi connectivity index (χ4v) is 3.98. The Labute approximate surface area is 129 Å². The molecule has 2 aromatic rings. The highest BCUT2D eigenvalue weighted by Gasteiger charge is 2.28. The van der Waals surface area contributed by atoms with E-state index in [4.69, 9.17) is 9.47 Å². The maximum Gasteiger partial charge on any atom is 0.244 e. The summed E-state index contributed by atoms with van der Waals surface area (Å²) in [5, 5.41) is 0. The third kappa shape index (κ3) is 2.80. The molecule has 1 aliphatic heterocycles. The molecule has 1 N–H and O–H groups in total. The largest absolute Gasteiger partial charge is 0.495 e. The Morgan fingerprint density at radius 2 is 1.86 bits per heavy atom. The van der Waals surface area contributed by atoms with Gasteiger partial charge < -0.3 is 9.47 Å². The minimum Gasteiger partial charge on any atom is -0.495 e. The van der Waals surface area contributed by atoms with Gasteiger partial charge in [0.2, 0.25) is 10.0 Å². The van der Waals surface area contributed by atoms with Crippen LogP contribution < -0.4 is 14.2 Å². The molecule has 0 aliphatic carbocycles. The Hall–Kier alpha value is -2.05. The van der Waals surface area contributed by atoms with Gasteiger partial charge in [-0.3, -0.25) is 0 Å². The van der Waals surface area contributed by atoms with Gasteiger partial charge in [-0.25, -0.2) is 13.1 Å². The summed E-state index contributed by atoms with van der Waals surface area (Å²) in [6.07, 6.45) is 0.589. The molecule has 0 radical (unpaired) electrons. The number of fused-ring (bicyclic) bond motifs is 1. The first-order valence-electron chi connectivity index (χ1n) is 6.99. The van der Waals surface area contributed by atoms with Crippen LogP contribution in [0.15, 0.2) is 53.4 Å². The molecule has 0 saturated heterocycles. The molecular formula is C16H17NO4S. The molecule has 3 rings (SSSR count). The molecule has 0 aromatic heterocycles. The van der Waals surface area contributed by atoms with E-state index < -0.39 is 10.0 Å². The van der Waals surface area contributed by atoms with Crippen molar-refractivity contribution in [2.75, 3.05) is 13.7 Å². The molecule has 0 fully saturated rings. The van der Waals surface area contributed by atoms with Gasteiger partial charge in [-0.2, -0.15) is 0 Å². The third-order valence-electron chi connectivity index (χ3n) is 3.61. The summed E-state index contributed by atoms with van der Waals surface area (Å²) in [7, 11) is -2.22. The van der Waals surface area contributed by atoms with Crippen LogP contribution >= 0.6 is 0 Å². The Balaban J connectivity index is 1.93. The molecule has 1 atom stereocenters. The van der Waals surface area contributed by atoms with E-state index in [-0.39, 0.29) is 10.9 Å². The Morgan fingerprint density at radius 1 is 1.14 bits per heavy atom. The van der Waals surface area contributed by atoms with Crippen LogP contribution in [0.2, 0.25) is 0 Å². The van der Waals surface area contributed by atoms with Crippen molar-refractivity contribution in [3.8, 4) is 11.5 Å². The molecule has 5 nitrogen and oxygen atoms in total. The smallest absolute Gasteiger partial charge is 0.244 e. The van der Waals surface area contributed by atoms with Gasteiger partial charge in [0.25, 0.3) is 0 Å². The molecule has 0 amide bonds. The van der Waals surface area contributed by atoms with Crippen LogP contribution in [0.5, 0.6) is 11.5 Å². The van der Waals surface area contributed by atoms with E-state index in [1.165, 1.54) is 13.2 Å². The van der Waals surface area contributed by atoms with E-state index in [9.17, 15) is 8.42 Å². The first-order valence-corrected chi connectivity index (χ1v) is 8.47. The fourth-order valence-electron chi connectivity index (χ4n) is 2.56. The van der Waals surface area contributed by atoms with Crippen LogP contribution in [-0.4, -0.2) is 22.1 Å². The number of ether oxygens (including phenoxy) is 2. The Kier molecular flexibility index (Phi) is 4.04. The van der Waals surface area contributed by atoms with Crippen molar-refractivity contribution in [1.82, 2.24) is 4.72 Å². The van der Waals surface area contributed by atoms with Crippen molar-refractivity contribution in [3.63, 3.8) is 0 Å². The molecule has 0 spiro atoms. The monoisotopic (exact) mass is 319 g/mol. The van der Waals surface area contributed by atoms with E-state index in [0.717, 1.165) is 11.3 Å². The highest BCUT2D eigenvalue weighted by atomic mass is 32.2. The van der Waals surface area contributed by atoms with E-state index >= 15 is 0 Å². The Bertz CT molecular complexity index is 773. The predicted molar refractivity (Wildman–Crippen MR) is 82.6 cm³/mol. The minimum absolute atomic E-state index is 0.140. The van der Waals surface area contributed by atoms with Crippen molar-refractivity contribution in [2.24, 2.45) is 0 Å². The van der Waals surface area contributed by atoms with Crippen LogP contribution in [0.4, 0.5) is 0 Å². The van der Waals surface area contributed by atoms with Gasteiger partial charge in [-0.1, -0.05) is 30.3 Å². The summed E-state index contributed by atoms with van der Waals surface area (Å²) in [5.41, 5.74) is 0.854. The molecule has 6 heteroatoms. The van der Waals surface area contributed by atoms with Crippen molar-refractivity contribution < 1.29 is 17.9 Å². The summed E-state index contributed by atoms with van der Waals surface area (Å²) in [4.78, 5) is 0.140. The summed E-state index contributed by atoms with van der Waals surface area (Å²) in [5.74, 6) is 1.05. The first kappa shape index (κ1) is 14.9. The average Bonchev–Trinajstić information content (AvgIpc) is 2.55. The molecule has 116 valence electrons. The molecule has 2 aromatic carbocycles. The maximum absolute atomic E-state index is 12.7. The number of para-hydroxylation sites is 2. The first-order chi connectivity index (χ1) is 10.6. The number of nitrogens with one attached hydrogen (secondary N) is 1. The summed E-state index contributed by atoms with van der Waals surface area (Å²) < 4.78 is 38.8. The van der Waals surface area contributed by atoms with E-state index in [2.05, 4.69) is 4.72 Å². The van der Waals surface area contributed by atoms with Gasteiger partial charge in [0.05, 0.1) is 19.8 Å². The fraction of sp³-hybridized carbons (Fsp3) is 0.250. The second kappa shape index (κ2) is 5.98. The lowest BCUT2D eigenvalue weighted by Crippen LogP contribution is -2.32. The molecule has 1 heterocycles. The second-order valence-electron chi connectivity index (χ2n) is 5.00. The molecule has 22 heavy (non-hydrogen) atoms. The zero-order valence-electron chi connectivity index (χ0n) is 12.2. The lowest BCUT2D eigenvalue weighted by Gasteiger charge is -2.26. The minimum atomic E-state index is -3.68. The standard InChI is InChI=1S/C16H17NO4S/c1-20-15-8-4-5-9-16(15)22(18,19)17-13-10-11-21-14-7-3-2-6-12(13)14/h2-9,13,17H,10-11H2,1H3. The van der Waals surface area contributed by atoms with Crippen LogP contribution in [0.3, 0.4) is 0 Å². The number of methoxy groups -OCH3 is 1. The van der Waals surface area contributed by atoms with E-state index in [1.54, 1.807) is 18.2 Å². The lowest BCUT2D eigenvalue weighted by molar-refractivity contribution is 0.263. The highest BCUT2D eigenvalue weighted by Crippen LogP contribution is 2.33. The number of benzene rings is 2. The van der Waals surface area contributed by atoms with Gasteiger partial charge >= 0.3 is 0 Å². The van der Waals surface area contributed by atoms with Crippen molar-refractivity contribution >= 4 is 10.0 Å². The molecular weight excluding hydrogens is 302 g/mol. The quantitative estimate of drug-likeness (QED) is 0.940. The molecule has 0 saturated carbocycles.